The van der Waals surface area contributed by atoms with Crippen LogP contribution in [0, 0.1) is 16.7 Å². The number of esters is 1. The Balaban J connectivity index is 1.75. The predicted molar refractivity (Wildman–Crippen MR) is 89.5 cm³/mol. The second-order valence-electron chi connectivity index (χ2n) is 8.11. The number of carbonyl (C=O) groups excluding carboxylic acids is 2. The number of fused-ring (bicyclic) bond motifs is 1. The molecule has 0 amide bonds. The molecule has 23 heavy (non-hydrogen) atoms. The van der Waals surface area contributed by atoms with E-state index in [0.717, 1.165) is 25.5 Å². The molecule has 0 bridgehead atoms. The van der Waals surface area contributed by atoms with Gasteiger partial charge in [-0.1, -0.05) is 39.3 Å². The summed E-state index contributed by atoms with van der Waals surface area (Å²) in [5, 5.41) is 0. The maximum Gasteiger partial charge on any atom is 0.338 e. The molecule has 0 saturated heterocycles. The molecule has 1 unspecified atom stereocenters. The van der Waals surface area contributed by atoms with Crippen molar-refractivity contribution in [2.75, 3.05) is 0 Å². The minimum absolute atomic E-state index is 0.00493. The van der Waals surface area contributed by atoms with Gasteiger partial charge < -0.3 is 4.74 Å². The summed E-state index contributed by atoms with van der Waals surface area (Å²) in [7, 11) is 0. The lowest BCUT2D eigenvalue weighted by Gasteiger charge is -2.48. The molecule has 3 heteroatoms. The Labute approximate surface area is 138 Å². The monoisotopic (exact) mass is 314 g/mol. The van der Waals surface area contributed by atoms with E-state index in [4.69, 9.17) is 4.74 Å². The molecule has 2 fully saturated rings. The highest BCUT2D eigenvalue weighted by Crippen LogP contribution is 2.60. The van der Waals surface area contributed by atoms with Crippen molar-refractivity contribution in [3.63, 3.8) is 0 Å². The molecule has 0 aromatic heterocycles. The topological polar surface area (TPSA) is 43.4 Å². The zero-order valence-electron chi connectivity index (χ0n) is 14.3. The van der Waals surface area contributed by atoms with Crippen LogP contribution in [0.2, 0.25) is 0 Å². The quantitative estimate of drug-likeness (QED) is 0.602. The molecule has 0 radical (unpaired) electrons. The van der Waals surface area contributed by atoms with Gasteiger partial charge in [0.15, 0.2) is 0 Å². The van der Waals surface area contributed by atoms with Gasteiger partial charge in [-0.15, -0.1) is 0 Å². The van der Waals surface area contributed by atoms with Gasteiger partial charge in [-0.05, 0) is 49.1 Å². The second kappa shape index (κ2) is 5.77. The molecule has 2 aliphatic rings. The number of carbonyl (C=O) groups is 2. The maximum atomic E-state index is 12.5. The van der Waals surface area contributed by atoms with Gasteiger partial charge in [-0.2, -0.15) is 0 Å². The van der Waals surface area contributed by atoms with E-state index in [1.54, 1.807) is 24.3 Å². The van der Waals surface area contributed by atoms with E-state index in [0.29, 0.717) is 22.5 Å². The summed E-state index contributed by atoms with van der Waals surface area (Å²) in [5.74, 6) is 0.358. The molecule has 0 N–H and O–H groups in total. The van der Waals surface area contributed by atoms with Crippen molar-refractivity contribution in [1.29, 1.82) is 0 Å². The van der Waals surface area contributed by atoms with Gasteiger partial charge in [0.2, 0.25) is 0 Å². The lowest BCUT2D eigenvalue weighted by Crippen LogP contribution is -2.44. The normalized spacial score (nSPS) is 32.1. The number of benzene rings is 1. The van der Waals surface area contributed by atoms with Gasteiger partial charge in [0.1, 0.15) is 12.4 Å². The highest BCUT2D eigenvalue weighted by Gasteiger charge is 2.55. The van der Waals surface area contributed by atoms with Crippen LogP contribution >= 0.6 is 0 Å². The van der Waals surface area contributed by atoms with Gasteiger partial charge >= 0.3 is 5.97 Å². The highest BCUT2D eigenvalue weighted by molar-refractivity contribution is 5.90. The number of aldehydes is 1. The second-order valence-corrected chi connectivity index (χ2v) is 8.11. The minimum atomic E-state index is -0.266. The smallest absolute Gasteiger partial charge is 0.338 e. The lowest BCUT2D eigenvalue weighted by atomic mass is 9.57. The third-order valence-corrected chi connectivity index (χ3v) is 6.26. The Morgan fingerprint density at radius 2 is 1.83 bits per heavy atom. The van der Waals surface area contributed by atoms with E-state index in [1.807, 2.05) is 0 Å². The summed E-state index contributed by atoms with van der Waals surface area (Å²) in [5.41, 5.74) is 1.53. The summed E-state index contributed by atoms with van der Waals surface area (Å²) < 4.78 is 5.91. The van der Waals surface area contributed by atoms with Gasteiger partial charge in [-0.25, -0.2) is 4.79 Å². The van der Waals surface area contributed by atoms with Crippen LogP contribution in [0.15, 0.2) is 24.3 Å². The number of hydrogen-bond acceptors (Lipinski definition) is 3. The molecule has 3 atom stereocenters. The van der Waals surface area contributed by atoms with E-state index in [2.05, 4.69) is 20.8 Å². The summed E-state index contributed by atoms with van der Waals surface area (Å²) in [6, 6.07) is 6.66. The average molecular weight is 314 g/mol. The van der Waals surface area contributed by atoms with Crippen molar-refractivity contribution in [1.82, 2.24) is 0 Å². The molecular weight excluding hydrogens is 288 g/mol. The van der Waals surface area contributed by atoms with Crippen molar-refractivity contribution in [3.8, 4) is 0 Å². The van der Waals surface area contributed by atoms with Crippen LogP contribution < -0.4 is 0 Å². The lowest BCUT2D eigenvalue weighted by molar-refractivity contribution is -0.0548. The summed E-state index contributed by atoms with van der Waals surface area (Å²) in [6.07, 6.45) is 6.51. The predicted octanol–water partition coefficient (Wildman–Crippen LogP) is 4.65. The van der Waals surface area contributed by atoms with Crippen LogP contribution in [-0.4, -0.2) is 18.4 Å². The van der Waals surface area contributed by atoms with E-state index in [1.165, 1.54) is 12.8 Å². The Hall–Kier alpha value is -1.64. The first-order valence-corrected chi connectivity index (χ1v) is 8.63. The van der Waals surface area contributed by atoms with E-state index in [9.17, 15) is 9.59 Å². The molecule has 2 saturated carbocycles. The highest BCUT2D eigenvalue weighted by atomic mass is 16.5. The van der Waals surface area contributed by atoms with Crippen molar-refractivity contribution in [3.05, 3.63) is 35.4 Å². The average Bonchev–Trinajstić information content (AvgIpc) is 2.85. The Morgan fingerprint density at radius 1 is 1.13 bits per heavy atom. The van der Waals surface area contributed by atoms with E-state index >= 15 is 0 Å². The first-order valence-electron chi connectivity index (χ1n) is 8.63. The first kappa shape index (κ1) is 16.2. The van der Waals surface area contributed by atoms with Crippen molar-refractivity contribution in [2.24, 2.45) is 16.7 Å². The summed E-state index contributed by atoms with van der Waals surface area (Å²) >= 11 is 0. The molecule has 0 aliphatic heterocycles. The molecule has 2 aliphatic carbocycles. The maximum absolute atomic E-state index is 12.5. The van der Waals surface area contributed by atoms with Crippen molar-refractivity contribution < 1.29 is 14.3 Å². The van der Waals surface area contributed by atoms with Crippen LogP contribution in [0.1, 0.15) is 73.6 Å². The Bertz CT molecular complexity index is 602. The van der Waals surface area contributed by atoms with Gasteiger partial charge in [0.05, 0.1) is 5.56 Å². The Kier molecular flexibility index (Phi) is 4.07. The number of ether oxygens (including phenoxy) is 1. The third kappa shape index (κ3) is 2.82. The SMILES string of the molecule is CC1(C)CCC[C@@]2(C)C1CC[C@@H]2OC(=O)c1ccc(C=O)cc1. The van der Waals surface area contributed by atoms with Crippen LogP contribution in [0.3, 0.4) is 0 Å². The van der Waals surface area contributed by atoms with Gasteiger partial charge in [0.25, 0.3) is 0 Å². The number of hydrogen-bond donors (Lipinski definition) is 0. The van der Waals surface area contributed by atoms with Crippen molar-refractivity contribution >= 4 is 12.3 Å². The fourth-order valence-corrected chi connectivity index (χ4v) is 5.01. The zero-order chi connectivity index (χ0) is 16.7. The fourth-order valence-electron chi connectivity index (χ4n) is 5.01. The van der Waals surface area contributed by atoms with Crippen LogP contribution in [-0.2, 0) is 4.74 Å². The van der Waals surface area contributed by atoms with Gasteiger partial charge in [-0.3, -0.25) is 4.79 Å². The standard InChI is InChI=1S/C20H26O3/c1-19(2)11-4-12-20(3)16(19)9-10-17(20)23-18(22)15-7-5-14(13-21)6-8-15/h5-8,13,16-17H,4,9-12H2,1-3H3/t16?,17-,20-/m0/s1. The molecule has 3 rings (SSSR count). The third-order valence-electron chi connectivity index (χ3n) is 6.26. The summed E-state index contributed by atoms with van der Waals surface area (Å²) in [4.78, 5) is 23.2. The zero-order valence-corrected chi connectivity index (χ0v) is 14.3. The molecular formula is C20H26O3. The molecule has 124 valence electrons. The number of rotatable bonds is 3. The first-order chi connectivity index (χ1) is 10.9. The Morgan fingerprint density at radius 3 is 2.48 bits per heavy atom. The fraction of sp³-hybridized carbons (Fsp3) is 0.600. The van der Waals surface area contributed by atoms with Crippen molar-refractivity contribution in [2.45, 2.75) is 59.0 Å². The van der Waals surface area contributed by atoms with E-state index < -0.39 is 0 Å². The molecule has 3 nitrogen and oxygen atoms in total. The molecule has 0 spiro atoms. The largest absolute Gasteiger partial charge is 0.458 e. The molecule has 1 aromatic carbocycles. The van der Waals surface area contributed by atoms with Gasteiger partial charge in [0, 0.05) is 11.0 Å². The molecule has 0 heterocycles. The van der Waals surface area contributed by atoms with Crippen LogP contribution in [0.5, 0.6) is 0 Å². The minimum Gasteiger partial charge on any atom is -0.458 e. The van der Waals surface area contributed by atoms with Crippen LogP contribution in [0.25, 0.3) is 0 Å². The van der Waals surface area contributed by atoms with Crippen LogP contribution in [0.4, 0.5) is 0 Å². The van der Waals surface area contributed by atoms with E-state index in [-0.39, 0.29) is 17.5 Å². The summed E-state index contributed by atoms with van der Waals surface area (Å²) in [6.45, 7) is 7.02. The molecule has 1 aromatic rings.